The summed E-state index contributed by atoms with van der Waals surface area (Å²) < 4.78 is 1.53. The minimum Gasteiger partial charge on any atom is -1.00 e. The highest BCUT2D eigenvalue weighted by molar-refractivity contribution is 4.84. The zero-order chi connectivity index (χ0) is 36.7. The fourth-order valence-electron chi connectivity index (χ4n) is 9.42. The number of hydrogen-bond donors (Lipinski definition) is 0. The van der Waals surface area contributed by atoms with E-state index in [1.54, 1.807) is 0 Å². The molecule has 0 aliphatic rings. The maximum atomic E-state index is 2.38. The molecule has 0 bridgehead atoms. The average Bonchev–Trinajstić information content (AvgIpc) is 3.13. The molecule has 0 spiro atoms. The molecule has 0 saturated carbocycles. The molecular formula is C49H102ClN. The summed E-state index contributed by atoms with van der Waals surface area (Å²) in [4.78, 5) is 0. The van der Waals surface area contributed by atoms with E-state index in [9.17, 15) is 0 Å². The predicted molar refractivity (Wildman–Crippen MR) is 232 cm³/mol. The minimum absolute atomic E-state index is 0. The largest absolute Gasteiger partial charge is 1.00 e. The number of nitrogens with zero attached hydrogens (tertiary/aromatic N) is 1. The van der Waals surface area contributed by atoms with Gasteiger partial charge in [-0.25, -0.2) is 0 Å². The molecule has 310 valence electrons. The fourth-order valence-corrected chi connectivity index (χ4v) is 9.42. The molecule has 0 radical (unpaired) electrons. The van der Waals surface area contributed by atoms with Gasteiger partial charge in [0.25, 0.3) is 0 Å². The third-order valence-corrected chi connectivity index (χ3v) is 12.8. The van der Waals surface area contributed by atoms with Gasteiger partial charge in [-0.15, -0.1) is 0 Å². The number of unbranched alkanes of at least 4 members (excludes halogenated alkanes) is 30. The molecular weight excluding hydrogens is 638 g/mol. The monoisotopic (exact) mass is 740 g/mol. The lowest BCUT2D eigenvalue weighted by atomic mass is 9.76. The van der Waals surface area contributed by atoms with Crippen LogP contribution in [0.1, 0.15) is 292 Å². The maximum Gasteiger partial charge on any atom is 0.0992 e. The lowest BCUT2D eigenvalue weighted by Crippen LogP contribution is -3.00. The standard InChI is InChI=1S/C49H102N.ClH/c1-7-13-19-25-31-37-43-49(44-38-32-26-20-14-8-2,45-39-33-27-21-15-9-3)50(46-40-34-28-22-16-10-4,47-41-35-29-23-17-11-5)48-42-36-30-24-18-12-6;/h7-48H2,1-6H3;1H/q+1;/p-1. The highest BCUT2D eigenvalue weighted by atomic mass is 35.5. The summed E-state index contributed by atoms with van der Waals surface area (Å²) in [5, 5.41) is 0. The molecule has 0 aliphatic heterocycles. The van der Waals surface area contributed by atoms with Crippen molar-refractivity contribution in [2.24, 2.45) is 0 Å². The normalized spacial score (nSPS) is 12.1. The molecule has 0 heterocycles. The van der Waals surface area contributed by atoms with Crippen molar-refractivity contribution in [1.29, 1.82) is 0 Å². The van der Waals surface area contributed by atoms with E-state index in [0.717, 1.165) is 0 Å². The van der Waals surface area contributed by atoms with Crippen LogP contribution in [-0.2, 0) is 0 Å². The summed E-state index contributed by atoms with van der Waals surface area (Å²) in [7, 11) is 0. The topological polar surface area (TPSA) is 0 Å². The van der Waals surface area contributed by atoms with Crippen LogP contribution < -0.4 is 12.4 Å². The third-order valence-electron chi connectivity index (χ3n) is 12.8. The SMILES string of the molecule is CCCCCCCCC(CCCCCCCC)(CCCCCCCC)[N+](CCCCCCCC)(CCCCCCCC)CCCCCCCC.[Cl-]. The molecule has 51 heavy (non-hydrogen) atoms. The van der Waals surface area contributed by atoms with Gasteiger partial charge in [-0.05, 0) is 57.8 Å². The molecule has 0 saturated heterocycles. The Balaban J connectivity index is 0. The van der Waals surface area contributed by atoms with E-state index < -0.39 is 0 Å². The summed E-state index contributed by atoms with van der Waals surface area (Å²) >= 11 is 0. The van der Waals surface area contributed by atoms with Crippen molar-refractivity contribution < 1.29 is 16.9 Å². The van der Waals surface area contributed by atoms with Gasteiger partial charge in [0.15, 0.2) is 0 Å². The highest BCUT2D eigenvalue weighted by Gasteiger charge is 2.48. The van der Waals surface area contributed by atoms with Crippen LogP contribution in [0.3, 0.4) is 0 Å². The summed E-state index contributed by atoms with van der Waals surface area (Å²) in [6, 6.07) is 0. The summed E-state index contributed by atoms with van der Waals surface area (Å²) in [6.45, 7) is 18.8. The van der Waals surface area contributed by atoms with Crippen LogP contribution in [-0.4, -0.2) is 29.7 Å². The Kier molecular flexibility index (Phi) is 43.3. The van der Waals surface area contributed by atoms with E-state index in [1.165, 1.54) is 275 Å². The first kappa shape index (κ1) is 53.4. The smallest absolute Gasteiger partial charge is 0.0992 e. The zero-order valence-electron chi connectivity index (χ0n) is 37.0. The Morgan fingerprint density at radius 2 is 0.412 bits per heavy atom. The summed E-state index contributed by atoms with van der Waals surface area (Å²) in [6.07, 6.45) is 56.9. The van der Waals surface area contributed by atoms with E-state index in [0.29, 0.717) is 5.54 Å². The van der Waals surface area contributed by atoms with Crippen molar-refractivity contribution in [1.82, 2.24) is 0 Å². The first-order valence-electron chi connectivity index (χ1n) is 24.5. The van der Waals surface area contributed by atoms with Gasteiger partial charge in [0.2, 0.25) is 0 Å². The van der Waals surface area contributed by atoms with Crippen molar-refractivity contribution in [2.45, 2.75) is 297 Å². The second kappa shape index (κ2) is 41.4. The van der Waals surface area contributed by atoms with Crippen molar-refractivity contribution in [3.8, 4) is 0 Å². The summed E-state index contributed by atoms with van der Waals surface area (Å²) in [5.41, 5.74) is 0.524. The van der Waals surface area contributed by atoms with Gasteiger partial charge in [-0.1, -0.05) is 215 Å². The Morgan fingerprint density at radius 1 is 0.235 bits per heavy atom. The lowest BCUT2D eigenvalue weighted by molar-refractivity contribution is -0.978. The molecule has 0 amide bonds. The van der Waals surface area contributed by atoms with Crippen LogP contribution in [0.2, 0.25) is 0 Å². The van der Waals surface area contributed by atoms with Crippen LogP contribution in [0.4, 0.5) is 0 Å². The number of hydrogen-bond acceptors (Lipinski definition) is 0. The van der Waals surface area contributed by atoms with Crippen molar-refractivity contribution >= 4 is 0 Å². The second-order valence-electron chi connectivity index (χ2n) is 17.4. The Bertz CT molecular complexity index is 496. The van der Waals surface area contributed by atoms with Gasteiger partial charge < -0.3 is 16.9 Å². The number of halogens is 1. The molecule has 0 aliphatic carbocycles. The maximum absolute atomic E-state index is 2.38. The van der Waals surface area contributed by atoms with Crippen LogP contribution in [0.15, 0.2) is 0 Å². The Hall–Kier alpha value is 0.250. The molecule has 0 aromatic carbocycles. The molecule has 2 heteroatoms. The van der Waals surface area contributed by atoms with Gasteiger partial charge in [-0.2, -0.15) is 0 Å². The van der Waals surface area contributed by atoms with Crippen molar-refractivity contribution in [3.05, 3.63) is 0 Å². The molecule has 1 nitrogen and oxygen atoms in total. The van der Waals surface area contributed by atoms with Gasteiger partial charge in [0.1, 0.15) is 0 Å². The number of rotatable bonds is 43. The third kappa shape index (κ3) is 29.2. The van der Waals surface area contributed by atoms with E-state index in [-0.39, 0.29) is 12.4 Å². The molecule has 0 N–H and O–H groups in total. The van der Waals surface area contributed by atoms with E-state index >= 15 is 0 Å². The van der Waals surface area contributed by atoms with Crippen LogP contribution in [0, 0.1) is 0 Å². The van der Waals surface area contributed by atoms with Crippen molar-refractivity contribution in [2.75, 3.05) is 19.6 Å². The minimum atomic E-state index is 0. The van der Waals surface area contributed by atoms with E-state index in [1.807, 2.05) is 0 Å². The van der Waals surface area contributed by atoms with Gasteiger partial charge in [0.05, 0.1) is 25.2 Å². The van der Waals surface area contributed by atoms with Crippen molar-refractivity contribution in [3.63, 3.8) is 0 Å². The molecule has 0 unspecified atom stereocenters. The second-order valence-corrected chi connectivity index (χ2v) is 17.4. The van der Waals surface area contributed by atoms with Crippen LogP contribution in [0.5, 0.6) is 0 Å². The highest BCUT2D eigenvalue weighted by Crippen LogP contribution is 2.42. The van der Waals surface area contributed by atoms with Gasteiger partial charge in [-0.3, -0.25) is 0 Å². The molecule has 0 aromatic heterocycles. The number of quaternary nitrogens is 1. The first-order chi connectivity index (χ1) is 24.6. The van der Waals surface area contributed by atoms with Crippen LogP contribution >= 0.6 is 0 Å². The van der Waals surface area contributed by atoms with Gasteiger partial charge in [0, 0.05) is 19.3 Å². The molecule has 0 aromatic rings. The van der Waals surface area contributed by atoms with Gasteiger partial charge >= 0.3 is 0 Å². The first-order valence-corrected chi connectivity index (χ1v) is 24.5. The van der Waals surface area contributed by atoms with E-state index in [4.69, 9.17) is 0 Å². The average molecular weight is 741 g/mol. The molecule has 0 atom stereocenters. The fraction of sp³-hybridized carbons (Fsp3) is 1.00. The Morgan fingerprint density at radius 3 is 0.627 bits per heavy atom. The molecule has 0 rings (SSSR count). The lowest BCUT2D eigenvalue weighted by Gasteiger charge is -2.55. The quantitative estimate of drug-likeness (QED) is 0.0431. The Labute approximate surface area is 332 Å². The molecule has 0 fully saturated rings. The van der Waals surface area contributed by atoms with Crippen LogP contribution in [0.25, 0.3) is 0 Å². The zero-order valence-corrected chi connectivity index (χ0v) is 37.8. The van der Waals surface area contributed by atoms with E-state index in [2.05, 4.69) is 41.5 Å². The predicted octanol–water partition coefficient (Wildman–Crippen LogP) is 14.9. The summed E-state index contributed by atoms with van der Waals surface area (Å²) in [5.74, 6) is 0.